The predicted molar refractivity (Wildman–Crippen MR) is 220 cm³/mol. The van der Waals surface area contributed by atoms with Gasteiger partial charge in [0.2, 0.25) is 0 Å². The molecule has 0 aliphatic carbocycles. The molecule has 0 fully saturated rings. The first-order chi connectivity index (χ1) is 26.9. The molecule has 14 nitrogen and oxygen atoms in total. The number of benzene rings is 4. The Labute approximate surface area is 333 Å². The quantitative estimate of drug-likeness (QED) is 0.0815. The van der Waals surface area contributed by atoms with E-state index in [4.69, 9.17) is 14.2 Å². The fraction of sp³-hybridized carbons (Fsp3) is 0.395. The van der Waals surface area contributed by atoms with Gasteiger partial charge >= 0.3 is 0 Å². The van der Waals surface area contributed by atoms with Crippen molar-refractivity contribution in [1.82, 2.24) is 10.6 Å². The van der Waals surface area contributed by atoms with Gasteiger partial charge in [0.25, 0.3) is 11.8 Å². The minimum absolute atomic E-state index is 0.0848. The summed E-state index contributed by atoms with van der Waals surface area (Å²) in [6, 6.07) is 22.4. The summed E-state index contributed by atoms with van der Waals surface area (Å²) in [5.41, 5.74) is 4.45. The highest BCUT2D eigenvalue weighted by Crippen LogP contribution is 2.42. The van der Waals surface area contributed by atoms with Crippen LogP contribution < -0.4 is 40.4 Å². The van der Waals surface area contributed by atoms with Gasteiger partial charge < -0.3 is 60.8 Å². The Morgan fingerprint density at radius 1 is 0.684 bits per heavy atom. The van der Waals surface area contributed by atoms with Crippen molar-refractivity contribution in [2.45, 2.75) is 63.8 Å². The minimum atomic E-state index is -0.862. The molecular formula is C43H55N5O9. The van der Waals surface area contributed by atoms with E-state index in [0.29, 0.717) is 29.2 Å². The summed E-state index contributed by atoms with van der Waals surface area (Å²) in [6.07, 6.45) is -0.147. The van der Waals surface area contributed by atoms with Crippen molar-refractivity contribution in [1.29, 1.82) is 0 Å². The molecule has 0 bridgehead atoms. The number of hydrogen-bond acceptors (Lipinski definition) is 12. The van der Waals surface area contributed by atoms with Crippen LogP contribution in [-0.4, -0.2) is 90.8 Å². The van der Waals surface area contributed by atoms with Crippen LogP contribution in [0.15, 0.2) is 72.8 Å². The van der Waals surface area contributed by atoms with E-state index in [1.165, 1.54) is 17.7 Å². The van der Waals surface area contributed by atoms with Crippen molar-refractivity contribution in [2.75, 3.05) is 63.0 Å². The van der Waals surface area contributed by atoms with Gasteiger partial charge in [-0.1, -0.05) is 24.3 Å². The van der Waals surface area contributed by atoms with Crippen molar-refractivity contribution < 1.29 is 44.2 Å². The number of hydrogen-bond donors (Lipinski definition) is 8. The van der Waals surface area contributed by atoms with Crippen molar-refractivity contribution in [2.24, 2.45) is 0 Å². The van der Waals surface area contributed by atoms with E-state index in [2.05, 4.69) is 78.1 Å². The zero-order valence-electron chi connectivity index (χ0n) is 33.6. The summed E-state index contributed by atoms with van der Waals surface area (Å²) in [5.74, 6) is 0.587. The molecule has 2 aliphatic heterocycles. The van der Waals surface area contributed by atoms with Gasteiger partial charge in [-0.25, -0.2) is 0 Å². The Morgan fingerprint density at radius 3 is 1.47 bits per heavy atom. The number of anilines is 3. The molecule has 2 atom stereocenters. The Morgan fingerprint density at radius 2 is 1.09 bits per heavy atom. The van der Waals surface area contributed by atoms with Gasteiger partial charge in [0.1, 0.15) is 28.6 Å². The van der Waals surface area contributed by atoms with Crippen molar-refractivity contribution in [3.05, 3.63) is 95.1 Å². The van der Waals surface area contributed by atoms with E-state index in [1.54, 1.807) is 19.2 Å². The number of carbonyl (C=O) groups excluding carboxylic acids is 2. The highest BCUT2D eigenvalue weighted by molar-refractivity contribution is 5.98. The number of amides is 2. The number of aliphatic hydroxyl groups is 2. The second-order valence-corrected chi connectivity index (χ2v) is 15.8. The molecule has 57 heavy (non-hydrogen) atoms. The SMILES string of the molecule is CN(C)c1ccc(CC(C)(C)NCC(O)c2ccc(O)c3c2OCC(=O)N3)cc1.COc1ccc(CC(C)(C)NCC(O)c2ccc(O)c3c2OCC(=O)N3)cc1. The summed E-state index contributed by atoms with van der Waals surface area (Å²) < 4.78 is 16.1. The average molecular weight is 786 g/mol. The van der Waals surface area contributed by atoms with Crippen LogP contribution in [-0.2, 0) is 22.4 Å². The second-order valence-electron chi connectivity index (χ2n) is 15.8. The van der Waals surface area contributed by atoms with Gasteiger partial charge in [-0.3, -0.25) is 9.59 Å². The molecule has 0 spiro atoms. The maximum atomic E-state index is 11.5. The number of carbonyl (C=O) groups is 2. The molecule has 0 aromatic heterocycles. The molecule has 4 aromatic carbocycles. The Hall–Kier alpha value is -5.54. The van der Waals surface area contributed by atoms with Gasteiger partial charge in [0.05, 0.1) is 19.3 Å². The number of rotatable bonds is 14. The van der Waals surface area contributed by atoms with Crippen LogP contribution >= 0.6 is 0 Å². The molecule has 2 aliphatic rings. The lowest BCUT2D eigenvalue weighted by Crippen LogP contribution is -2.43. The third-order valence-electron chi connectivity index (χ3n) is 9.73. The first-order valence-corrected chi connectivity index (χ1v) is 18.8. The fourth-order valence-electron chi connectivity index (χ4n) is 6.65. The first-order valence-electron chi connectivity index (χ1n) is 18.8. The summed E-state index contributed by atoms with van der Waals surface area (Å²) in [4.78, 5) is 25.1. The lowest BCUT2D eigenvalue weighted by Gasteiger charge is -2.29. The number of phenolic OH excluding ortho intramolecular Hbond substituents is 2. The molecule has 8 N–H and O–H groups in total. The topological polar surface area (TPSA) is 194 Å². The smallest absolute Gasteiger partial charge is 0.262 e. The molecule has 0 radical (unpaired) electrons. The minimum Gasteiger partial charge on any atom is -0.506 e. The number of aliphatic hydroxyl groups excluding tert-OH is 2. The van der Waals surface area contributed by atoms with E-state index in [9.17, 15) is 30.0 Å². The van der Waals surface area contributed by atoms with Crippen LogP contribution in [0.4, 0.5) is 17.1 Å². The Bertz CT molecular complexity index is 2020. The number of β-amino-alcohol motifs (C(OH)–C–C–N with tert-alkyl or cyclic N) is 2. The molecule has 0 saturated heterocycles. The summed E-state index contributed by atoms with van der Waals surface area (Å²) in [6.45, 7) is 8.60. The number of nitrogens with one attached hydrogen (secondary N) is 4. The number of aromatic hydroxyl groups is 2. The van der Waals surface area contributed by atoms with E-state index < -0.39 is 12.2 Å². The zero-order chi connectivity index (χ0) is 41.5. The highest BCUT2D eigenvalue weighted by Gasteiger charge is 2.29. The molecule has 2 unspecified atom stereocenters. The van der Waals surface area contributed by atoms with Crippen LogP contribution in [0.3, 0.4) is 0 Å². The standard InChI is InChI=1S/C22H29N3O4.C21H26N2O5/c1-22(2,11-14-5-7-15(8-6-14)25(3)4)23-12-18(27)16-9-10-17(26)20-21(16)29-13-19(28)24-20;1-21(2,10-13-4-6-14(27-3)7-5-13)22-11-17(25)15-8-9-16(24)19-20(15)28-12-18(26)23-19/h5-10,18,23,26-27H,11-13H2,1-4H3,(H,24,28);4-9,17,22,24-25H,10-12H2,1-3H3,(H,23,26). The monoisotopic (exact) mass is 785 g/mol. The normalized spacial score (nSPS) is 14.6. The molecule has 0 saturated carbocycles. The molecular weight excluding hydrogens is 730 g/mol. The van der Waals surface area contributed by atoms with Crippen LogP contribution in [0.5, 0.6) is 28.7 Å². The van der Waals surface area contributed by atoms with Crippen LogP contribution in [0.1, 0.15) is 62.2 Å². The summed E-state index contributed by atoms with van der Waals surface area (Å²) >= 11 is 0. The number of methoxy groups -OCH3 is 1. The van der Waals surface area contributed by atoms with Gasteiger partial charge in [-0.15, -0.1) is 0 Å². The summed E-state index contributed by atoms with van der Waals surface area (Å²) in [7, 11) is 5.66. The number of nitrogens with zero attached hydrogens (tertiary/aromatic N) is 1. The largest absolute Gasteiger partial charge is 0.506 e. The Kier molecular flexibility index (Phi) is 13.6. The predicted octanol–water partition coefficient (Wildman–Crippen LogP) is 4.81. The number of ether oxygens (including phenoxy) is 3. The summed E-state index contributed by atoms with van der Waals surface area (Å²) in [5, 5.41) is 53.3. The molecule has 2 heterocycles. The number of phenols is 2. The van der Waals surface area contributed by atoms with Crippen molar-refractivity contribution in [3.63, 3.8) is 0 Å². The van der Waals surface area contributed by atoms with Crippen molar-refractivity contribution in [3.8, 4) is 28.7 Å². The Balaban J connectivity index is 0.000000218. The van der Waals surface area contributed by atoms with Gasteiger partial charge in [-0.05, 0) is 100 Å². The molecule has 306 valence electrons. The second kappa shape index (κ2) is 18.2. The van der Waals surface area contributed by atoms with Crippen LogP contribution in [0, 0.1) is 0 Å². The third-order valence-corrected chi connectivity index (χ3v) is 9.73. The van der Waals surface area contributed by atoms with Crippen LogP contribution in [0.25, 0.3) is 0 Å². The zero-order valence-corrected chi connectivity index (χ0v) is 33.6. The average Bonchev–Trinajstić information content (AvgIpc) is 3.17. The molecule has 2 amide bonds. The lowest BCUT2D eigenvalue weighted by molar-refractivity contribution is -0.119. The lowest BCUT2D eigenvalue weighted by atomic mass is 9.94. The van der Waals surface area contributed by atoms with Gasteiger partial charge in [-0.2, -0.15) is 0 Å². The number of fused-ring (bicyclic) bond motifs is 2. The van der Waals surface area contributed by atoms with Crippen molar-refractivity contribution >= 4 is 28.9 Å². The van der Waals surface area contributed by atoms with E-state index in [1.807, 2.05) is 38.4 Å². The van der Waals surface area contributed by atoms with E-state index in [-0.39, 0.29) is 65.5 Å². The third kappa shape index (κ3) is 11.3. The maximum absolute atomic E-state index is 11.5. The van der Waals surface area contributed by atoms with E-state index in [0.717, 1.165) is 29.8 Å². The fourth-order valence-corrected chi connectivity index (χ4v) is 6.65. The maximum Gasteiger partial charge on any atom is 0.262 e. The molecule has 14 heteroatoms. The van der Waals surface area contributed by atoms with Crippen LogP contribution in [0.2, 0.25) is 0 Å². The highest BCUT2D eigenvalue weighted by atomic mass is 16.5. The molecule has 4 aromatic rings. The van der Waals surface area contributed by atoms with Gasteiger partial charge in [0, 0.05) is 55.1 Å². The molecule has 6 rings (SSSR count). The van der Waals surface area contributed by atoms with Gasteiger partial charge in [0.15, 0.2) is 24.7 Å². The van der Waals surface area contributed by atoms with E-state index >= 15 is 0 Å². The first kappa shape index (κ1) is 42.6.